The average Bonchev–Trinajstić information content (AvgIpc) is 3.05. The van der Waals surface area contributed by atoms with E-state index in [9.17, 15) is 0 Å². The van der Waals surface area contributed by atoms with Gasteiger partial charge in [-0.25, -0.2) is 0 Å². The lowest BCUT2D eigenvalue weighted by atomic mass is 9.82. The van der Waals surface area contributed by atoms with E-state index >= 15 is 0 Å². The fraction of sp³-hybridized carbons (Fsp3) is 0.0526. The van der Waals surface area contributed by atoms with E-state index in [2.05, 4.69) is 146 Å². The summed E-state index contributed by atoms with van der Waals surface area (Å²) in [7, 11) is 0. The monoisotopic (exact) mass is 587 g/mol. The van der Waals surface area contributed by atoms with Gasteiger partial charge in [0.25, 0.3) is 0 Å². The van der Waals surface area contributed by atoms with Gasteiger partial charge in [0.05, 0.1) is 0 Å². The summed E-state index contributed by atoms with van der Waals surface area (Å²) in [5, 5.41) is -1.77. The van der Waals surface area contributed by atoms with Gasteiger partial charge < -0.3 is 0 Å². The molecule has 0 spiro atoms. The van der Waals surface area contributed by atoms with Gasteiger partial charge in [-0.1, -0.05) is 182 Å². The topological polar surface area (TPSA) is 0 Å². The van der Waals surface area contributed by atoms with Crippen LogP contribution in [0.5, 0.6) is 0 Å². The maximum atomic E-state index is 8.47. The van der Waals surface area contributed by atoms with Gasteiger partial charge in [-0.15, -0.1) is 0 Å². The molecule has 41 heavy (non-hydrogen) atoms. The first-order valence-electron chi connectivity index (χ1n) is 13.7. The molecule has 0 unspecified atom stereocenters. The molecule has 0 saturated carbocycles. The van der Waals surface area contributed by atoms with Crippen molar-refractivity contribution < 1.29 is 0 Å². The first-order chi connectivity index (χ1) is 20.1. The molecule has 0 aromatic heterocycles. The third-order valence-corrected chi connectivity index (χ3v) is 14.3. The number of halogens is 2. The predicted molar refractivity (Wildman–Crippen MR) is 177 cm³/mol. The van der Waals surface area contributed by atoms with Gasteiger partial charge in [0.15, 0.2) is 10.3 Å². The van der Waals surface area contributed by atoms with Gasteiger partial charge >= 0.3 is 0 Å². The van der Waals surface area contributed by atoms with Crippen molar-refractivity contribution in [3.63, 3.8) is 0 Å². The predicted octanol–water partition coefficient (Wildman–Crippen LogP) is 11.3. The van der Waals surface area contributed by atoms with Crippen molar-refractivity contribution in [2.45, 2.75) is 10.3 Å². The Hall–Kier alpha value is -3.67. The zero-order valence-corrected chi connectivity index (χ0v) is 24.9. The first kappa shape index (κ1) is 27.5. The summed E-state index contributed by atoms with van der Waals surface area (Å²) in [5.41, 5.74) is 6.35. The van der Waals surface area contributed by atoms with Crippen LogP contribution < -0.4 is 0 Å². The van der Waals surface area contributed by atoms with E-state index in [-0.39, 0.29) is 0 Å². The highest BCUT2D eigenvalue weighted by Gasteiger charge is 2.74. The summed E-state index contributed by atoms with van der Waals surface area (Å²) in [6.07, 6.45) is 0. The van der Waals surface area contributed by atoms with Crippen LogP contribution in [0.25, 0.3) is 0 Å². The van der Waals surface area contributed by atoms with Crippen LogP contribution in [0.2, 0.25) is 0 Å². The third-order valence-electron chi connectivity index (χ3n) is 7.99. The van der Waals surface area contributed by atoms with Gasteiger partial charge in [0, 0.05) is 33.4 Å². The van der Waals surface area contributed by atoms with Crippen molar-refractivity contribution in [1.82, 2.24) is 0 Å². The summed E-state index contributed by atoms with van der Waals surface area (Å²) in [6.45, 7) is 0. The van der Waals surface area contributed by atoms with Crippen molar-refractivity contribution >= 4 is 28.4 Å². The number of benzene rings is 6. The highest BCUT2D eigenvalue weighted by molar-refractivity contribution is 8.19. The Bertz CT molecular complexity index is 1350. The number of hydrogen-bond acceptors (Lipinski definition) is 0. The minimum absolute atomic E-state index is 0.887. The van der Waals surface area contributed by atoms with Crippen LogP contribution in [0, 0.1) is 0 Å². The van der Waals surface area contributed by atoms with E-state index in [0.717, 1.165) is 33.4 Å². The van der Waals surface area contributed by atoms with Crippen LogP contribution in [0.3, 0.4) is 0 Å². The molecule has 0 nitrogen and oxygen atoms in total. The van der Waals surface area contributed by atoms with E-state index in [0.29, 0.717) is 0 Å². The molecular formula is C38H30Cl2P+. The molecule has 0 fully saturated rings. The van der Waals surface area contributed by atoms with Crippen LogP contribution in [0.15, 0.2) is 182 Å². The second kappa shape index (κ2) is 11.7. The van der Waals surface area contributed by atoms with Crippen molar-refractivity contribution in [3.05, 3.63) is 215 Å². The average molecular weight is 589 g/mol. The lowest BCUT2D eigenvalue weighted by Gasteiger charge is -2.47. The quantitative estimate of drug-likeness (QED) is 0.123. The normalized spacial score (nSPS) is 12.1. The minimum atomic E-state index is -3.31. The van der Waals surface area contributed by atoms with Gasteiger partial charge in [-0.2, -0.15) is 0 Å². The van der Waals surface area contributed by atoms with Crippen molar-refractivity contribution in [1.29, 1.82) is 0 Å². The fourth-order valence-electron chi connectivity index (χ4n) is 6.30. The second-order valence-corrected chi connectivity index (χ2v) is 16.1. The summed E-state index contributed by atoms with van der Waals surface area (Å²) < 4.78 is 0. The van der Waals surface area contributed by atoms with Gasteiger partial charge in [-0.3, -0.25) is 0 Å². The largest absolute Gasteiger partial charge is 0.250 e. The highest BCUT2D eigenvalue weighted by atomic mass is 35.9. The number of rotatable bonds is 8. The molecule has 0 aliphatic heterocycles. The first-order valence-corrected chi connectivity index (χ1v) is 17.3. The van der Waals surface area contributed by atoms with Gasteiger partial charge in [-0.05, 0) is 0 Å². The summed E-state index contributed by atoms with van der Waals surface area (Å²) in [4.78, 5) is 0. The Balaban J connectivity index is 1.86. The maximum absolute atomic E-state index is 8.47. The smallest absolute Gasteiger partial charge is 0.0622 e. The fourth-order valence-corrected chi connectivity index (χ4v) is 13.2. The van der Waals surface area contributed by atoms with E-state index in [1.54, 1.807) is 0 Å². The molecule has 3 heteroatoms. The lowest BCUT2D eigenvalue weighted by molar-refractivity contribution is 0.803. The Kier molecular flexibility index (Phi) is 7.83. The van der Waals surface area contributed by atoms with Crippen molar-refractivity contribution in [2.75, 3.05) is 0 Å². The van der Waals surface area contributed by atoms with E-state index in [1.807, 2.05) is 36.4 Å². The summed E-state index contributed by atoms with van der Waals surface area (Å²) in [6, 6.07) is 63.3. The molecule has 0 N–H and O–H groups in total. The molecule has 0 saturated heterocycles. The molecule has 6 aromatic rings. The van der Waals surface area contributed by atoms with Crippen molar-refractivity contribution in [3.8, 4) is 0 Å². The molecular weight excluding hydrogens is 558 g/mol. The van der Waals surface area contributed by atoms with Crippen LogP contribution >= 0.6 is 28.4 Å². The molecule has 6 rings (SSSR count). The molecule has 0 radical (unpaired) electrons. The molecule has 0 atom stereocenters. The Morgan fingerprint density at radius 3 is 0.561 bits per heavy atom. The molecule has 0 aliphatic carbocycles. The highest BCUT2D eigenvalue weighted by Crippen LogP contribution is 2.94. The molecule has 200 valence electrons. The van der Waals surface area contributed by atoms with Gasteiger partial charge in [0.2, 0.25) is 5.97 Å². The second-order valence-electron chi connectivity index (χ2n) is 10.1. The SMILES string of the molecule is Cl[P+](Cl)(C(c1ccccc1)(c1ccccc1)c1ccccc1)C(c1ccccc1)(c1ccccc1)c1ccccc1. The Labute approximate surface area is 253 Å². The molecule has 0 bridgehead atoms. The third kappa shape index (κ3) is 4.43. The standard InChI is InChI=1S/C38H30Cl2P/c39-41(40,37(31-19-7-1-8-20-31,32-21-9-2-10-22-32)33-23-11-3-12-24-33)38(34-25-13-4-14-26-34,35-27-15-5-16-28-35)36-29-17-6-18-30-36/h1-30H/q+1. The van der Waals surface area contributed by atoms with Gasteiger partial charge in [0.1, 0.15) is 22.5 Å². The van der Waals surface area contributed by atoms with E-state index in [1.165, 1.54) is 0 Å². The zero-order valence-electron chi connectivity index (χ0n) is 22.5. The van der Waals surface area contributed by atoms with Crippen LogP contribution in [0.1, 0.15) is 33.4 Å². The summed E-state index contributed by atoms with van der Waals surface area (Å²) in [5.74, 6) is -3.31. The van der Waals surface area contributed by atoms with Crippen LogP contribution in [0.4, 0.5) is 0 Å². The maximum Gasteiger partial charge on any atom is 0.250 e. The molecule has 0 aliphatic rings. The van der Waals surface area contributed by atoms with Crippen LogP contribution in [-0.4, -0.2) is 0 Å². The molecule has 0 heterocycles. The zero-order chi connectivity index (χ0) is 28.2. The van der Waals surface area contributed by atoms with Crippen molar-refractivity contribution in [2.24, 2.45) is 0 Å². The molecule has 0 amide bonds. The minimum Gasteiger partial charge on any atom is -0.0622 e. The molecule has 6 aromatic carbocycles. The Morgan fingerprint density at radius 1 is 0.268 bits per heavy atom. The number of hydrogen-bond donors (Lipinski definition) is 0. The van der Waals surface area contributed by atoms with E-state index < -0.39 is 16.3 Å². The summed E-state index contributed by atoms with van der Waals surface area (Å²) >= 11 is 16.9. The van der Waals surface area contributed by atoms with E-state index in [4.69, 9.17) is 22.5 Å². The Morgan fingerprint density at radius 2 is 0.415 bits per heavy atom. The van der Waals surface area contributed by atoms with Crippen LogP contribution in [-0.2, 0) is 10.3 Å². The lowest BCUT2D eigenvalue weighted by Crippen LogP contribution is -2.40.